The highest BCUT2D eigenvalue weighted by molar-refractivity contribution is 7.92. The minimum absolute atomic E-state index is 0.0523. The zero-order chi connectivity index (χ0) is 22.5. The second kappa shape index (κ2) is 7.68. The smallest absolute Gasteiger partial charge is 0.420 e. The van der Waals surface area contributed by atoms with Crippen LogP contribution in [0.4, 0.5) is 5.69 Å². The van der Waals surface area contributed by atoms with Gasteiger partial charge in [-0.15, -0.1) is 0 Å². The first-order chi connectivity index (χ1) is 15.3. The lowest BCUT2D eigenvalue weighted by Crippen LogP contribution is -2.15. The van der Waals surface area contributed by atoms with Crippen molar-refractivity contribution in [2.75, 3.05) is 11.8 Å². The number of benzene rings is 2. The Morgan fingerprint density at radius 1 is 1.25 bits per heavy atom. The van der Waals surface area contributed by atoms with Gasteiger partial charge in [0.15, 0.2) is 11.4 Å². The third-order valence-electron chi connectivity index (χ3n) is 5.06. The number of methoxy groups -OCH3 is 1. The maximum absolute atomic E-state index is 12.8. The number of nitrogens with one attached hydrogen (secondary N) is 1. The van der Waals surface area contributed by atoms with Crippen LogP contribution >= 0.6 is 11.6 Å². The number of sulfonamides is 1. The fourth-order valence-corrected chi connectivity index (χ4v) is 4.60. The number of rotatable bonds is 7. The third kappa shape index (κ3) is 3.84. The van der Waals surface area contributed by atoms with Gasteiger partial charge in [-0.1, -0.05) is 16.8 Å². The summed E-state index contributed by atoms with van der Waals surface area (Å²) in [6.45, 7) is 0.0523. The first-order valence-electron chi connectivity index (χ1n) is 9.66. The Bertz CT molecular complexity index is 1490. The van der Waals surface area contributed by atoms with Gasteiger partial charge in [0.25, 0.3) is 10.0 Å². The highest BCUT2D eigenvalue weighted by atomic mass is 35.5. The molecular weight excluding hydrogens is 460 g/mol. The van der Waals surface area contributed by atoms with Gasteiger partial charge in [0.2, 0.25) is 5.89 Å². The number of hydrogen-bond donors (Lipinski definition) is 1. The summed E-state index contributed by atoms with van der Waals surface area (Å²) in [6, 6.07) is 8.68. The van der Waals surface area contributed by atoms with Crippen LogP contribution in [0.1, 0.15) is 30.5 Å². The number of hydrogen-bond acceptors (Lipinski definition) is 8. The number of oxazole rings is 1. The van der Waals surface area contributed by atoms with E-state index in [0.717, 1.165) is 12.8 Å². The Balaban J connectivity index is 1.42. The van der Waals surface area contributed by atoms with Crippen molar-refractivity contribution in [2.24, 2.45) is 0 Å². The number of ether oxygens (including phenoxy) is 1. The molecule has 0 aliphatic heterocycles. The topological polar surface area (TPSA) is 129 Å². The molecule has 2 aromatic carbocycles. The van der Waals surface area contributed by atoms with Crippen LogP contribution in [0, 0.1) is 0 Å². The van der Waals surface area contributed by atoms with Crippen LogP contribution in [-0.4, -0.2) is 30.2 Å². The maximum atomic E-state index is 12.8. The van der Waals surface area contributed by atoms with E-state index < -0.39 is 15.8 Å². The van der Waals surface area contributed by atoms with Crippen molar-refractivity contribution < 1.29 is 22.1 Å². The predicted molar refractivity (Wildman–Crippen MR) is 115 cm³/mol. The van der Waals surface area contributed by atoms with Crippen LogP contribution in [-0.2, 0) is 16.6 Å². The summed E-state index contributed by atoms with van der Waals surface area (Å²) in [5.41, 5.74) is 0.800. The number of anilines is 1. The van der Waals surface area contributed by atoms with Crippen molar-refractivity contribution in [3.8, 4) is 5.75 Å². The zero-order valence-corrected chi connectivity index (χ0v) is 18.3. The second-order valence-electron chi connectivity index (χ2n) is 7.36. The van der Waals surface area contributed by atoms with Crippen molar-refractivity contribution in [3.05, 3.63) is 63.7 Å². The van der Waals surface area contributed by atoms with E-state index in [4.69, 9.17) is 25.3 Å². The van der Waals surface area contributed by atoms with Gasteiger partial charge in [0, 0.05) is 12.0 Å². The third-order valence-corrected chi connectivity index (χ3v) is 6.74. The lowest BCUT2D eigenvalue weighted by atomic mass is 10.3. The largest absolute Gasteiger partial charge is 0.495 e. The van der Waals surface area contributed by atoms with Crippen molar-refractivity contribution in [1.29, 1.82) is 0 Å². The van der Waals surface area contributed by atoms with Gasteiger partial charge < -0.3 is 13.7 Å². The molecule has 0 radical (unpaired) electrons. The summed E-state index contributed by atoms with van der Waals surface area (Å²) >= 11 is 6.06. The summed E-state index contributed by atoms with van der Waals surface area (Å²) in [4.78, 5) is 16.6. The number of aromatic nitrogens is 3. The maximum Gasteiger partial charge on any atom is 0.420 e. The molecule has 1 aliphatic rings. The van der Waals surface area contributed by atoms with Crippen LogP contribution in [0.25, 0.3) is 11.1 Å². The van der Waals surface area contributed by atoms with E-state index in [9.17, 15) is 13.2 Å². The van der Waals surface area contributed by atoms with Gasteiger partial charge in [-0.25, -0.2) is 13.2 Å². The minimum atomic E-state index is -3.96. The highest BCUT2D eigenvalue weighted by Gasteiger charge is 2.30. The lowest BCUT2D eigenvalue weighted by molar-refractivity contribution is 0.372. The van der Waals surface area contributed by atoms with E-state index in [1.807, 2.05) is 0 Å². The van der Waals surface area contributed by atoms with E-state index in [-0.39, 0.29) is 27.7 Å². The van der Waals surface area contributed by atoms with Gasteiger partial charge in [-0.3, -0.25) is 9.29 Å². The van der Waals surface area contributed by atoms with Crippen LogP contribution in [0.3, 0.4) is 0 Å². The summed E-state index contributed by atoms with van der Waals surface area (Å²) in [6.07, 6.45) is 2.04. The second-order valence-corrected chi connectivity index (χ2v) is 9.45. The van der Waals surface area contributed by atoms with Crippen LogP contribution in [0.2, 0.25) is 5.02 Å². The molecule has 10 nitrogen and oxygen atoms in total. The number of halogens is 1. The Morgan fingerprint density at radius 3 is 2.78 bits per heavy atom. The van der Waals surface area contributed by atoms with Gasteiger partial charge in [-0.05, 0) is 43.2 Å². The van der Waals surface area contributed by atoms with Crippen molar-refractivity contribution >= 4 is 38.4 Å². The molecule has 2 aromatic heterocycles. The number of nitrogens with zero attached hydrogens (tertiary/aromatic N) is 3. The molecule has 1 saturated carbocycles. The first kappa shape index (κ1) is 20.6. The van der Waals surface area contributed by atoms with E-state index in [0.29, 0.717) is 28.9 Å². The normalized spacial score (nSPS) is 14.1. The summed E-state index contributed by atoms with van der Waals surface area (Å²) in [7, 11) is -2.50. The molecule has 1 N–H and O–H groups in total. The minimum Gasteiger partial charge on any atom is -0.495 e. The Morgan fingerprint density at radius 2 is 2.06 bits per heavy atom. The average molecular weight is 477 g/mol. The molecule has 12 heteroatoms. The van der Waals surface area contributed by atoms with Gasteiger partial charge in [0.1, 0.15) is 5.75 Å². The van der Waals surface area contributed by atoms with Crippen LogP contribution < -0.4 is 15.2 Å². The van der Waals surface area contributed by atoms with Crippen molar-refractivity contribution in [2.45, 2.75) is 30.2 Å². The van der Waals surface area contributed by atoms with Gasteiger partial charge >= 0.3 is 5.76 Å². The summed E-state index contributed by atoms with van der Waals surface area (Å²) in [5, 5.41) is 4.17. The van der Waals surface area contributed by atoms with E-state index in [1.165, 1.54) is 42.0 Å². The zero-order valence-electron chi connectivity index (χ0n) is 16.7. The molecule has 4 aromatic rings. The SMILES string of the molecule is COc1ccc(NS(=O)(=O)c2ccc3c(c2)oc(=O)n3Cc2noc(C3CC3)n2)cc1Cl. The van der Waals surface area contributed by atoms with Crippen molar-refractivity contribution in [3.63, 3.8) is 0 Å². The molecule has 1 aliphatic carbocycles. The molecule has 166 valence electrons. The Hall–Kier alpha value is -3.31. The van der Waals surface area contributed by atoms with Gasteiger partial charge in [0.05, 0.1) is 34.8 Å². The van der Waals surface area contributed by atoms with Gasteiger partial charge in [-0.2, -0.15) is 4.98 Å². The summed E-state index contributed by atoms with van der Waals surface area (Å²) < 4.78 is 45.0. The summed E-state index contributed by atoms with van der Waals surface area (Å²) in [5.74, 6) is 0.993. The molecule has 0 amide bonds. The van der Waals surface area contributed by atoms with Crippen LogP contribution in [0.15, 0.2) is 55.0 Å². The predicted octanol–water partition coefficient (Wildman–Crippen LogP) is 3.37. The molecule has 0 atom stereocenters. The molecule has 0 spiro atoms. The molecule has 2 heterocycles. The van der Waals surface area contributed by atoms with E-state index in [1.54, 1.807) is 6.07 Å². The van der Waals surface area contributed by atoms with E-state index >= 15 is 0 Å². The molecule has 0 bridgehead atoms. The fraction of sp³-hybridized carbons (Fsp3) is 0.250. The fourth-order valence-electron chi connectivity index (χ4n) is 3.28. The quantitative estimate of drug-likeness (QED) is 0.429. The monoisotopic (exact) mass is 476 g/mol. The average Bonchev–Trinajstić information content (AvgIpc) is 3.42. The highest BCUT2D eigenvalue weighted by Crippen LogP contribution is 2.38. The molecule has 0 saturated heterocycles. The van der Waals surface area contributed by atoms with E-state index in [2.05, 4.69) is 14.9 Å². The number of fused-ring (bicyclic) bond motifs is 1. The lowest BCUT2D eigenvalue weighted by Gasteiger charge is -2.10. The molecule has 5 rings (SSSR count). The molecule has 1 fully saturated rings. The molecule has 0 unspecified atom stereocenters. The Labute approximate surface area is 186 Å². The molecule has 32 heavy (non-hydrogen) atoms. The van der Waals surface area contributed by atoms with Crippen molar-refractivity contribution in [1.82, 2.24) is 14.7 Å². The Kier molecular flexibility index (Phi) is 4.94. The first-order valence-corrected chi connectivity index (χ1v) is 11.5. The standard InChI is InChI=1S/C20H17ClN4O6S/c1-29-16-7-4-12(8-14(16)21)24-32(27,28)13-5-6-15-17(9-13)30-20(26)25(15)10-18-22-19(31-23-18)11-2-3-11/h4-9,11,24H,2-3,10H2,1H3. The van der Waals surface area contributed by atoms with Crippen LogP contribution in [0.5, 0.6) is 5.75 Å². The molecular formula is C20H17ClN4O6S.